The third-order valence-electron chi connectivity index (χ3n) is 9.98. The van der Waals surface area contributed by atoms with Gasteiger partial charge in [0.2, 0.25) is 0 Å². The highest BCUT2D eigenvalue weighted by atomic mass is 16.4. The highest BCUT2D eigenvalue weighted by Gasteiger charge is 1.99. The van der Waals surface area contributed by atoms with E-state index in [2.05, 4.69) is 20.8 Å². The molecule has 0 saturated carbocycles. The minimum atomic E-state index is -0.663. The minimum Gasteiger partial charge on any atom is -0.481 e. The highest BCUT2D eigenvalue weighted by Crippen LogP contribution is 2.15. The number of carboxylic acids is 3. The van der Waals surface area contributed by atoms with Gasteiger partial charge in [-0.15, -0.1) is 0 Å². The first kappa shape index (κ1) is 54.8. The van der Waals surface area contributed by atoms with Gasteiger partial charge in [0.25, 0.3) is 0 Å². The van der Waals surface area contributed by atoms with Crippen LogP contribution in [0.5, 0.6) is 0 Å². The largest absolute Gasteiger partial charge is 0.481 e. The molecule has 6 nitrogen and oxygen atoms in total. The Balaban J connectivity index is -0.000000717. The van der Waals surface area contributed by atoms with Gasteiger partial charge in [0.1, 0.15) is 0 Å². The summed E-state index contributed by atoms with van der Waals surface area (Å²) in [4.78, 5) is 30.8. The van der Waals surface area contributed by atoms with Gasteiger partial charge in [-0.1, -0.05) is 239 Å². The average molecular weight is 741 g/mol. The SMILES string of the molecule is CCCCCCCCCC(=O)O.CCCCCCCCCCCCCCCCCC(=O)O.CCCCCCCCCCCCCCCCCC(=O)O. The van der Waals surface area contributed by atoms with Crippen molar-refractivity contribution < 1.29 is 29.7 Å². The van der Waals surface area contributed by atoms with Crippen LogP contribution in [0.3, 0.4) is 0 Å². The molecule has 312 valence electrons. The maximum atomic E-state index is 10.3. The molecule has 0 atom stereocenters. The van der Waals surface area contributed by atoms with E-state index >= 15 is 0 Å². The Bertz CT molecular complexity index is 650. The summed E-state index contributed by atoms with van der Waals surface area (Å²) in [6, 6.07) is 0. The number of carboxylic acid groups (broad SMARTS) is 3. The van der Waals surface area contributed by atoms with Crippen molar-refractivity contribution in [2.75, 3.05) is 0 Å². The highest BCUT2D eigenvalue weighted by molar-refractivity contribution is 5.67. The van der Waals surface area contributed by atoms with Gasteiger partial charge in [0.15, 0.2) is 0 Å². The Morgan fingerprint density at radius 3 is 0.462 bits per heavy atom. The molecule has 0 rings (SSSR count). The fraction of sp³-hybridized carbons (Fsp3) is 0.935. The lowest BCUT2D eigenvalue weighted by Crippen LogP contribution is -1.93. The van der Waals surface area contributed by atoms with Gasteiger partial charge >= 0.3 is 17.9 Å². The van der Waals surface area contributed by atoms with E-state index in [0.717, 1.165) is 38.5 Å². The second kappa shape index (κ2) is 51.5. The van der Waals surface area contributed by atoms with Crippen LogP contribution in [0.1, 0.15) is 278 Å². The van der Waals surface area contributed by atoms with Crippen LogP contribution in [0, 0.1) is 0 Å². The molecule has 0 saturated heterocycles. The quantitative estimate of drug-likeness (QED) is 0.0539. The molecule has 0 unspecified atom stereocenters. The molecule has 0 spiro atoms. The first-order valence-electron chi connectivity index (χ1n) is 23.0. The average Bonchev–Trinajstić information content (AvgIpc) is 3.11. The number of aliphatic carboxylic acids is 3. The fourth-order valence-corrected chi connectivity index (χ4v) is 6.53. The van der Waals surface area contributed by atoms with Crippen molar-refractivity contribution in [2.45, 2.75) is 278 Å². The zero-order valence-electron chi connectivity index (χ0n) is 35.4. The molecule has 0 aliphatic rings. The van der Waals surface area contributed by atoms with Crippen LogP contribution < -0.4 is 0 Å². The summed E-state index contributed by atoms with van der Waals surface area (Å²) in [5.41, 5.74) is 0. The van der Waals surface area contributed by atoms with E-state index in [-0.39, 0.29) is 0 Å². The summed E-state index contributed by atoms with van der Waals surface area (Å²) in [7, 11) is 0. The summed E-state index contributed by atoms with van der Waals surface area (Å²) >= 11 is 0. The summed E-state index contributed by atoms with van der Waals surface area (Å²) in [6.07, 6.45) is 49.0. The molecule has 0 aliphatic carbocycles. The molecule has 52 heavy (non-hydrogen) atoms. The summed E-state index contributed by atoms with van der Waals surface area (Å²) in [6.45, 7) is 6.74. The Morgan fingerprint density at radius 1 is 0.231 bits per heavy atom. The standard InChI is InChI=1S/2C18H36O2.C10H20O2/c2*1-2-3-4-5-6-7-8-9-10-11-12-13-14-15-16-17-18(19)20;1-2-3-4-5-6-7-8-9-10(11)12/h2*2-17H2,1H3,(H,19,20);2-9H2,1H3,(H,11,12). The third-order valence-corrected chi connectivity index (χ3v) is 9.98. The van der Waals surface area contributed by atoms with E-state index in [1.807, 2.05) is 0 Å². The molecule has 0 aromatic rings. The van der Waals surface area contributed by atoms with E-state index in [1.165, 1.54) is 199 Å². The lowest BCUT2D eigenvalue weighted by atomic mass is 10.0. The summed E-state index contributed by atoms with van der Waals surface area (Å²) in [5.74, 6) is -1.97. The minimum absolute atomic E-state index is 0.341. The van der Waals surface area contributed by atoms with E-state index in [0.29, 0.717) is 19.3 Å². The van der Waals surface area contributed by atoms with Crippen LogP contribution in [0.2, 0.25) is 0 Å². The van der Waals surface area contributed by atoms with Gasteiger partial charge in [-0.3, -0.25) is 14.4 Å². The van der Waals surface area contributed by atoms with Crippen molar-refractivity contribution in [3.8, 4) is 0 Å². The topological polar surface area (TPSA) is 112 Å². The number of hydrogen-bond donors (Lipinski definition) is 3. The summed E-state index contributed by atoms with van der Waals surface area (Å²) in [5, 5.41) is 25.4. The second-order valence-electron chi connectivity index (χ2n) is 15.5. The monoisotopic (exact) mass is 741 g/mol. The number of carbonyl (C=O) groups is 3. The zero-order chi connectivity index (χ0) is 39.0. The molecule has 0 bridgehead atoms. The van der Waals surface area contributed by atoms with Crippen LogP contribution in [0.4, 0.5) is 0 Å². The number of unbranched alkanes of at least 4 members (excludes halogenated alkanes) is 34. The van der Waals surface area contributed by atoms with Crippen molar-refractivity contribution in [1.82, 2.24) is 0 Å². The van der Waals surface area contributed by atoms with Crippen molar-refractivity contribution >= 4 is 17.9 Å². The molecule has 0 heterocycles. The predicted molar refractivity (Wildman–Crippen MR) is 225 cm³/mol. The Morgan fingerprint density at radius 2 is 0.346 bits per heavy atom. The van der Waals surface area contributed by atoms with E-state index in [1.54, 1.807) is 0 Å². The molecule has 6 heteroatoms. The van der Waals surface area contributed by atoms with Crippen molar-refractivity contribution in [2.24, 2.45) is 0 Å². The van der Waals surface area contributed by atoms with Crippen molar-refractivity contribution in [3.63, 3.8) is 0 Å². The van der Waals surface area contributed by atoms with Crippen LogP contribution in [0.15, 0.2) is 0 Å². The van der Waals surface area contributed by atoms with E-state index in [9.17, 15) is 14.4 Å². The van der Waals surface area contributed by atoms with Crippen LogP contribution >= 0.6 is 0 Å². The zero-order valence-corrected chi connectivity index (χ0v) is 35.4. The van der Waals surface area contributed by atoms with Gasteiger partial charge in [-0.25, -0.2) is 0 Å². The molecule has 0 aromatic heterocycles. The lowest BCUT2D eigenvalue weighted by Gasteiger charge is -2.03. The van der Waals surface area contributed by atoms with Crippen molar-refractivity contribution in [3.05, 3.63) is 0 Å². The van der Waals surface area contributed by atoms with Gasteiger partial charge in [0, 0.05) is 19.3 Å². The molecule has 0 amide bonds. The number of rotatable bonds is 40. The summed E-state index contributed by atoms with van der Waals surface area (Å²) < 4.78 is 0. The lowest BCUT2D eigenvalue weighted by molar-refractivity contribution is -0.138. The maximum Gasteiger partial charge on any atom is 0.303 e. The molecule has 0 aliphatic heterocycles. The fourth-order valence-electron chi connectivity index (χ4n) is 6.53. The molecule has 3 N–H and O–H groups in total. The Hall–Kier alpha value is -1.59. The Labute approximate surface area is 324 Å². The van der Waals surface area contributed by atoms with Gasteiger partial charge in [0.05, 0.1) is 0 Å². The smallest absolute Gasteiger partial charge is 0.303 e. The van der Waals surface area contributed by atoms with Gasteiger partial charge < -0.3 is 15.3 Å². The van der Waals surface area contributed by atoms with Crippen LogP contribution in [-0.2, 0) is 14.4 Å². The Kier molecular flexibility index (Phi) is 54.2. The molecular weight excluding hydrogens is 649 g/mol. The predicted octanol–water partition coefficient (Wildman–Crippen LogP) is 15.9. The molecule has 0 fully saturated rings. The van der Waals surface area contributed by atoms with Crippen LogP contribution in [-0.4, -0.2) is 33.2 Å². The second-order valence-corrected chi connectivity index (χ2v) is 15.5. The number of hydrogen-bond acceptors (Lipinski definition) is 3. The van der Waals surface area contributed by atoms with Gasteiger partial charge in [-0.05, 0) is 19.3 Å². The van der Waals surface area contributed by atoms with Crippen LogP contribution in [0.25, 0.3) is 0 Å². The van der Waals surface area contributed by atoms with Gasteiger partial charge in [-0.2, -0.15) is 0 Å². The molecule has 0 radical (unpaired) electrons. The first-order chi connectivity index (χ1) is 25.3. The molecule has 0 aromatic carbocycles. The first-order valence-corrected chi connectivity index (χ1v) is 23.0. The normalized spacial score (nSPS) is 10.7. The van der Waals surface area contributed by atoms with E-state index < -0.39 is 17.9 Å². The molecular formula is C46H92O6. The third kappa shape index (κ3) is 63.5. The van der Waals surface area contributed by atoms with E-state index in [4.69, 9.17) is 15.3 Å². The maximum absolute atomic E-state index is 10.3. The van der Waals surface area contributed by atoms with Crippen molar-refractivity contribution in [1.29, 1.82) is 0 Å².